The van der Waals surface area contributed by atoms with E-state index in [4.69, 9.17) is 9.47 Å². The van der Waals surface area contributed by atoms with Crippen LogP contribution in [0.25, 0.3) is 0 Å². The molecular formula is C19H24N2O5S. The van der Waals surface area contributed by atoms with Crippen LogP contribution in [0.3, 0.4) is 0 Å². The quantitative estimate of drug-likeness (QED) is 0.743. The van der Waals surface area contributed by atoms with Crippen molar-refractivity contribution in [2.45, 2.75) is 24.5 Å². The molecule has 7 nitrogen and oxygen atoms in total. The van der Waals surface area contributed by atoms with Crippen molar-refractivity contribution >= 4 is 15.9 Å². The number of amides is 1. The van der Waals surface area contributed by atoms with Crippen LogP contribution in [-0.2, 0) is 21.4 Å². The van der Waals surface area contributed by atoms with Crippen molar-refractivity contribution in [2.75, 3.05) is 21.2 Å². The molecule has 0 aliphatic heterocycles. The predicted octanol–water partition coefficient (Wildman–Crippen LogP) is 2.03. The summed E-state index contributed by atoms with van der Waals surface area (Å²) in [5.41, 5.74) is 0.510. The van der Waals surface area contributed by atoms with Gasteiger partial charge in [0.05, 0.1) is 12.0 Å². The summed E-state index contributed by atoms with van der Waals surface area (Å²) in [5.74, 6) is 0.884. The first-order valence-corrected chi connectivity index (χ1v) is 9.78. The Balaban J connectivity index is 2.03. The van der Waals surface area contributed by atoms with Crippen LogP contribution in [0.5, 0.6) is 11.5 Å². The molecule has 1 N–H and O–H groups in total. The third kappa shape index (κ3) is 5.21. The van der Waals surface area contributed by atoms with E-state index in [0.29, 0.717) is 17.1 Å². The van der Waals surface area contributed by atoms with Crippen molar-refractivity contribution < 1.29 is 22.7 Å². The van der Waals surface area contributed by atoms with E-state index in [1.165, 1.54) is 20.2 Å². The number of nitrogens with one attached hydrogen (secondary N) is 1. The van der Waals surface area contributed by atoms with Gasteiger partial charge in [0.2, 0.25) is 10.0 Å². The first kappa shape index (κ1) is 20.7. The lowest BCUT2D eigenvalue weighted by Gasteiger charge is -2.17. The number of carbonyl (C=O) groups is 1. The molecule has 27 heavy (non-hydrogen) atoms. The van der Waals surface area contributed by atoms with E-state index in [0.717, 1.165) is 4.31 Å². The standard InChI is InChI=1S/C19H24N2O5S/c1-14(26-17-11-9-16(25-4)10-12-17)19(22)20-13-15-7-5-6-8-18(15)27(23,24)21(2)3/h5-12,14H,13H2,1-4H3,(H,20,22)/t14-/m0/s1. The smallest absolute Gasteiger partial charge is 0.261 e. The summed E-state index contributed by atoms with van der Waals surface area (Å²) >= 11 is 0. The molecule has 1 atom stereocenters. The molecule has 0 aliphatic carbocycles. The van der Waals surface area contributed by atoms with Gasteiger partial charge in [0.1, 0.15) is 11.5 Å². The first-order chi connectivity index (χ1) is 12.8. The third-order valence-corrected chi connectivity index (χ3v) is 5.84. The van der Waals surface area contributed by atoms with Gasteiger partial charge in [-0.25, -0.2) is 12.7 Å². The second-order valence-corrected chi connectivity index (χ2v) is 8.17. The molecule has 0 saturated carbocycles. The van der Waals surface area contributed by atoms with Gasteiger partial charge >= 0.3 is 0 Å². The molecular weight excluding hydrogens is 368 g/mol. The van der Waals surface area contributed by atoms with Gasteiger partial charge in [-0.2, -0.15) is 0 Å². The number of carbonyl (C=O) groups excluding carboxylic acids is 1. The van der Waals surface area contributed by atoms with Crippen LogP contribution in [0.1, 0.15) is 12.5 Å². The molecule has 2 aromatic carbocycles. The fraction of sp³-hybridized carbons (Fsp3) is 0.316. The van der Waals surface area contributed by atoms with Gasteiger partial charge in [0.15, 0.2) is 6.10 Å². The van der Waals surface area contributed by atoms with Crippen molar-refractivity contribution in [3.63, 3.8) is 0 Å². The lowest BCUT2D eigenvalue weighted by Crippen LogP contribution is -2.36. The van der Waals surface area contributed by atoms with Crippen molar-refractivity contribution in [1.29, 1.82) is 0 Å². The van der Waals surface area contributed by atoms with E-state index < -0.39 is 16.1 Å². The Morgan fingerprint density at radius 3 is 2.26 bits per heavy atom. The number of hydrogen-bond acceptors (Lipinski definition) is 5. The number of nitrogens with zero attached hydrogens (tertiary/aromatic N) is 1. The Bertz CT molecular complexity index is 879. The average Bonchev–Trinajstić information content (AvgIpc) is 2.66. The molecule has 0 bridgehead atoms. The molecule has 0 heterocycles. The monoisotopic (exact) mass is 392 g/mol. The molecule has 1 amide bonds. The van der Waals surface area contributed by atoms with Gasteiger partial charge in [0, 0.05) is 20.6 Å². The Labute approximate surface area is 160 Å². The number of sulfonamides is 1. The Morgan fingerprint density at radius 2 is 1.67 bits per heavy atom. The van der Waals surface area contributed by atoms with Gasteiger partial charge in [-0.3, -0.25) is 4.79 Å². The highest BCUT2D eigenvalue weighted by Gasteiger charge is 2.21. The number of ether oxygens (including phenoxy) is 2. The zero-order chi connectivity index (χ0) is 20.0. The molecule has 0 spiro atoms. The van der Waals surface area contributed by atoms with Crippen LogP contribution in [0.4, 0.5) is 0 Å². The van der Waals surface area contributed by atoms with Crippen molar-refractivity contribution in [3.05, 3.63) is 54.1 Å². The molecule has 2 rings (SSSR count). The molecule has 0 unspecified atom stereocenters. The number of rotatable bonds is 8. The zero-order valence-electron chi connectivity index (χ0n) is 15.8. The summed E-state index contributed by atoms with van der Waals surface area (Å²) < 4.78 is 36.6. The number of benzene rings is 2. The van der Waals surface area contributed by atoms with Gasteiger partial charge in [-0.05, 0) is 42.8 Å². The van der Waals surface area contributed by atoms with Crippen molar-refractivity contribution in [1.82, 2.24) is 9.62 Å². The zero-order valence-corrected chi connectivity index (χ0v) is 16.6. The van der Waals surface area contributed by atoms with E-state index in [-0.39, 0.29) is 17.3 Å². The molecule has 146 valence electrons. The first-order valence-electron chi connectivity index (χ1n) is 8.34. The summed E-state index contributed by atoms with van der Waals surface area (Å²) in [6.45, 7) is 1.71. The Hall–Kier alpha value is -2.58. The topological polar surface area (TPSA) is 84.9 Å². The molecule has 0 aromatic heterocycles. The molecule has 0 radical (unpaired) electrons. The Morgan fingerprint density at radius 1 is 1.07 bits per heavy atom. The molecule has 8 heteroatoms. The minimum absolute atomic E-state index is 0.0817. The fourth-order valence-corrected chi connectivity index (χ4v) is 3.45. The normalized spacial score (nSPS) is 12.5. The van der Waals surface area contributed by atoms with Crippen molar-refractivity contribution in [3.8, 4) is 11.5 Å². The lowest BCUT2D eigenvalue weighted by atomic mass is 10.2. The van der Waals surface area contributed by atoms with Crippen LogP contribution >= 0.6 is 0 Å². The summed E-state index contributed by atoms with van der Waals surface area (Å²) in [7, 11) is 0.913. The number of methoxy groups -OCH3 is 1. The lowest BCUT2D eigenvalue weighted by molar-refractivity contribution is -0.127. The summed E-state index contributed by atoms with van der Waals surface area (Å²) in [4.78, 5) is 12.5. The van der Waals surface area contributed by atoms with Gasteiger partial charge in [-0.1, -0.05) is 18.2 Å². The second kappa shape index (κ2) is 8.88. The fourth-order valence-electron chi connectivity index (χ4n) is 2.34. The number of hydrogen-bond donors (Lipinski definition) is 1. The SMILES string of the molecule is COc1ccc(O[C@@H](C)C(=O)NCc2ccccc2S(=O)(=O)N(C)C)cc1. The van der Waals surface area contributed by atoms with Crippen LogP contribution < -0.4 is 14.8 Å². The molecule has 0 fully saturated rings. The summed E-state index contributed by atoms with van der Waals surface area (Å²) in [6, 6.07) is 13.5. The minimum atomic E-state index is -3.59. The van der Waals surface area contributed by atoms with E-state index in [9.17, 15) is 13.2 Å². The maximum Gasteiger partial charge on any atom is 0.261 e. The maximum atomic E-state index is 12.4. The van der Waals surface area contributed by atoms with Crippen LogP contribution in [-0.4, -0.2) is 45.9 Å². The maximum absolute atomic E-state index is 12.4. The largest absolute Gasteiger partial charge is 0.497 e. The van der Waals surface area contributed by atoms with Crippen LogP contribution in [0, 0.1) is 0 Å². The van der Waals surface area contributed by atoms with E-state index >= 15 is 0 Å². The van der Waals surface area contributed by atoms with E-state index in [1.807, 2.05) is 0 Å². The van der Waals surface area contributed by atoms with E-state index in [2.05, 4.69) is 5.32 Å². The highest BCUT2D eigenvalue weighted by molar-refractivity contribution is 7.89. The highest BCUT2D eigenvalue weighted by atomic mass is 32.2. The third-order valence-electron chi connectivity index (χ3n) is 3.93. The van der Waals surface area contributed by atoms with Gasteiger partial charge in [-0.15, -0.1) is 0 Å². The van der Waals surface area contributed by atoms with Crippen LogP contribution in [0.15, 0.2) is 53.4 Å². The molecule has 0 aliphatic rings. The van der Waals surface area contributed by atoms with Crippen molar-refractivity contribution in [2.24, 2.45) is 0 Å². The Kier molecular flexibility index (Phi) is 6.81. The van der Waals surface area contributed by atoms with Gasteiger partial charge in [0.25, 0.3) is 5.91 Å². The second-order valence-electron chi connectivity index (χ2n) is 6.05. The van der Waals surface area contributed by atoms with Crippen LogP contribution in [0.2, 0.25) is 0 Å². The summed E-state index contributed by atoms with van der Waals surface area (Å²) in [6.07, 6.45) is -0.740. The predicted molar refractivity (Wildman–Crippen MR) is 102 cm³/mol. The molecule has 2 aromatic rings. The highest BCUT2D eigenvalue weighted by Crippen LogP contribution is 2.19. The van der Waals surface area contributed by atoms with Gasteiger partial charge < -0.3 is 14.8 Å². The average molecular weight is 392 g/mol. The summed E-state index contributed by atoms with van der Waals surface area (Å²) in [5, 5.41) is 2.72. The van der Waals surface area contributed by atoms with E-state index in [1.54, 1.807) is 56.5 Å². The molecule has 0 saturated heterocycles. The minimum Gasteiger partial charge on any atom is -0.497 e.